The lowest BCUT2D eigenvalue weighted by atomic mass is 9.85. The van der Waals surface area contributed by atoms with E-state index in [0.29, 0.717) is 50.1 Å². The molecule has 5 aliphatic rings. The molecule has 5 fully saturated rings. The van der Waals surface area contributed by atoms with Gasteiger partial charge >= 0.3 is 0 Å². The Morgan fingerprint density at radius 1 is 0.872 bits per heavy atom. The van der Waals surface area contributed by atoms with Crippen LogP contribution in [0.1, 0.15) is 84.1 Å². The molecule has 0 aromatic heterocycles. The summed E-state index contributed by atoms with van der Waals surface area (Å²) >= 11 is 6.28. The third-order valence-corrected chi connectivity index (χ3v) is 12.0. The molecule has 4 aliphatic heterocycles. The maximum absolute atomic E-state index is 15.0. The molecular formula is C37H56ClN5O4. The first-order chi connectivity index (χ1) is 22.4. The minimum atomic E-state index is -0.576. The average Bonchev–Trinajstić information content (AvgIpc) is 3.83. The average molecular weight is 670 g/mol. The van der Waals surface area contributed by atoms with Crippen molar-refractivity contribution in [1.29, 1.82) is 0 Å². The normalized spacial score (nSPS) is 32.6. The molecule has 5 atom stereocenters. The van der Waals surface area contributed by atoms with Crippen LogP contribution in [-0.2, 0) is 19.1 Å². The topological polar surface area (TPSA) is 76.6 Å². The minimum absolute atomic E-state index is 0.0121. The van der Waals surface area contributed by atoms with Gasteiger partial charge < -0.3 is 24.3 Å². The van der Waals surface area contributed by atoms with Crippen molar-refractivity contribution < 1.29 is 19.1 Å². The molecular weight excluding hydrogens is 614 g/mol. The van der Waals surface area contributed by atoms with Crippen LogP contribution in [0, 0.1) is 11.8 Å². The van der Waals surface area contributed by atoms with Gasteiger partial charge in [-0.15, -0.1) is 0 Å². The zero-order chi connectivity index (χ0) is 33.5. The van der Waals surface area contributed by atoms with Gasteiger partial charge in [-0.3, -0.25) is 19.3 Å². The molecule has 1 saturated carbocycles. The number of hydrogen-bond acceptors (Lipinski definition) is 6. The molecule has 6 rings (SSSR count). The summed E-state index contributed by atoms with van der Waals surface area (Å²) in [5.41, 5.74) is 0.994. The summed E-state index contributed by atoms with van der Waals surface area (Å²) in [6.45, 7) is 14.3. The van der Waals surface area contributed by atoms with Gasteiger partial charge in [0, 0.05) is 74.9 Å². The standard InChI is InChI=1S/C37H56ClN5O4/c1-25-8-14-28(15-9-25)43(36(46)33-7-6-20-47-33)29-21-32(35(45)40-18-16-39(5)17-19-40)42(22-29)34(44)31-24-41(37(2,3)4)23-30(31)26-10-12-27(38)13-11-26/h10-13,25,28-33H,6-9,14-24H2,1-5H3/t25-,28+,29-,30-,31+,32+,33+/m0/s1. The summed E-state index contributed by atoms with van der Waals surface area (Å²) in [5, 5.41) is 0.677. The molecule has 0 bridgehead atoms. The molecule has 0 unspecified atom stereocenters. The first-order valence-electron chi connectivity index (χ1n) is 18.1. The van der Waals surface area contributed by atoms with Crippen molar-refractivity contribution >= 4 is 29.3 Å². The van der Waals surface area contributed by atoms with E-state index < -0.39 is 12.1 Å². The van der Waals surface area contributed by atoms with Crippen molar-refractivity contribution in [3.63, 3.8) is 0 Å². The number of halogens is 1. The second-order valence-corrected chi connectivity index (χ2v) is 16.5. The number of ether oxygens (including phenoxy) is 1. The van der Waals surface area contributed by atoms with Gasteiger partial charge in [0.25, 0.3) is 5.91 Å². The minimum Gasteiger partial charge on any atom is -0.368 e. The third kappa shape index (κ3) is 7.53. The Balaban J connectivity index is 1.32. The Labute approximate surface area is 286 Å². The Kier molecular flexibility index (Phi) is 10.6. The van der Waals surface area contributed by atoms with Crippen LogP contribution in [0.3, 0.4) is 0 Å². The monoisotopic (exact) mass is 669 g/mol. The van der Waals surface area contributed by atoms with Gasteiger partial charge in [-0.05, 0) is 96.4 Å². The van der Waals surface area contributed by atoms with Crippen LogP contribution in [0.2, 0.25) is 5.02 Å². The molecule has 1 aliphatic carbocycles. The molecule has 9 nitrogen and oxygen atoms in total. The number of piperazine rings is 1. The second-order valence-electron chi connectivity index (χ2n) is 16.0. The van der Waals surface area contributed by atoms with Gasteiger partial charge in [-0.25, -0.2) is 0 Å². The van der Waals surface area contributed by atoms with Gasteiger partial charge in [-0.2, -0.15) is 0 Å². The summed E-state index contributed by atoms with van der Waals surface area (Å²) in [6, 6.07) is 7.24. The van der Waals surface area contributed by atoms with Gasteiger partial charge in [0.1, 0.15) is 12.1 Å². The number of amides is 3. The van der Waals surface area contributed by atoms with Crippen LogP contribution >= 0.6 is 11.6 Å². The number of likely N-dealkylation sites (tertiary alicyclic amines) is 2. The van der Waals surface area contributed by atoms with Crippen LogP contribution in [0.15, 0.2) is 24.3 Å². The summed E-state index contributed by atoms with van der Waals surface area (Å²) in [6.07, 6.45) is 5.80. The van der Waals surface area contributed by atoms with E-state index in [0.717, 1.165) is 63.7 Å². The Morgan fingerprint density at radius 2 is 1.55 bits per heavy atom. The summed E-state index contributed by atoms with van der Waals surface area (Å²) in [4.78, 5) is 54.3. The number of rotatable bonds is 6. The smallest absolute Gasteiger partial charge is 0.252 e. The lowest BCUT2D eigenvalue weighted by Crippen LogP contribution is -2.54. The van der Waals surface area contributed by atoms with Crippen molar-refractivity contribution in [2.45, 2.75) is 108 Å². The van der Waals surface area contributed by atoms with Gasteiger partial charge in [-0.1, -0.05) is 30.7 Å². The second kappa shape index (κ2) is 14.3. The van der Waals surface area contributed by atoms with E-state index in [1.54, 1.807) is 0 Å². The lowest BCUT2D eigenvalue weighted by Gasteiger charge is -2.41. The quantitative estimate of drug-likeness (QED) is 0.445. The molecule has 260 valence electrons. The largest absolute Gasteiger partial charge is 0.368 e. The number of carbonyl (C=O) groups is 3. The number of benzene rings is 1. The highest BCUT2D eigenvalue weighted by atomic mass is 35.5. The fraction of sp³-hybridized carbons (Fsp3) is 0.757. The van der Waals surface area contributed by atoms with Crippen LogP contribution in [0.4, 0.5) is 0 Å². The molecule has 1 aromatic rings. The molecule has 10 heteroatoms. The number of carbonyl (C=O) groups excluding carboxylic acids is 3. The van der Waals surface area contributed by atoms with E-state index in [2.05, 4.69) is 49.4 Å². The van der Waals surface area contributed by atoms with Crippen LogP contribution in [0.5, 0.6) is 0 Å². The van der Waals surface area contributed by atoms with Gasteiger partial charge in [0.15, 0.2) is 0 Å². The van der Waals surface area contributed by atoms with Crippen molar-refractivity contribution in [3.8, 4) is 0 Å². The SMILES string of the molecule is CN1CCN(C(=O)[C@H]2C[C@H](N(C(=O)[C@H]3CCCO3)[C@H]3CC[C@@H](C)CC3)CN2C(=O)[C@@H]2CN(C(C)(C)C)C[C@H]2c2ccc(Cl)cc2)CC1. The first-order valence-corrected chi connectivity index (χ1v) is 18.5. The van der Waals surface area contributed by atoms with E-state index in [1.165, 1.54) is 0 Å². The predicted molar refractivity (Wildman–Crippen MR) is 184 cm³/mol. The molecule has 0 N–H and O–H groups in total. The van der Waals surface area contributed by atoms with Crippen molar-refractivity contribution in [1.82, 2.24) is 24.5 Å². The molecule has 47 heavy (non-hydrogen) atoms. The zero-order valence-corrected chi connectivity index (χ0v) is 30.0. The fourth-order valence-corrected chi connectivity index (χ4v) is 8.84. The Bertz CT molecular complexity index is 1260. The van der Waals surface area contributed by atoms with E-state index in [4.69, 9.17) is 16.3 Å². The molecule has 0 spiro atoms. The number of likely N-dealkylation sites (N-methyl/N-ethyl adjacent to an activating group) is 1. The third-order valence-electron chi connectivity index (χ3n) is 11.8. The van der Waals surface area contributed by atoms with Crippen molar-refractivity contribution in [2.24, 2.45) is 11.8 Å². The van der Waals surface area contributed by atoms with Crippen LogP contribution < -0.4 is 0 Å². The highest BCUT2D eigenvalue weighted by Crippen LogP contribution is 2.40. The molecule has 0 radical (unpaired) electrons. The maximum Gasteiger partial charge on any atom is 0.252 e. The molecule has 4 saturated heterocycles. The summed E-state index contributed by atoms with van der Waals surface area (Å²) in [5.74, 6) is 0.470. The van der Waals surface area contributed by atoms with E-state index >= 15 is 4.79 Å². The Morgan fingerprint density at radius 3 is 2.17 bits per heavy atom. The van der Waals surface area contributed by atoms with Crippen molar-refractivity contribution in [2.75, 3.05) is 59.5 Å². The fourth-order valence-electron chi connectivity index (χ4n) is 8.71. The summed E-state index contributed by atoms with van der Waals surface area (Å²) in [7, 11) is 2.08. The lowest BCUT2D eigenvalue weighted by molar-refractivity contribution is -0.148. The molecule has 4 heterocycles. The highest BCUT2D eigenvalue weighted by molar-refractivity contribution is 6.30. The predicted octanol–water partition coefficient (Wildman–Crippen LogP) is 4.48. The number of hydrogen-bond donors (Lipinski definition) is 0. The Hall–Kier alpha value is -2.20. The summed E-state index contributed by atoms with van der Waals surface area (Å²) < 4.78 is 5.95. The van der Waals surface area contributed by atoms with Crippen LogP contribution in [-0.4, -0.2) is 131 Å². The van der Waals surface area contributed by atoms with Gasteiger partial charge in [0.2, 0.25) is 11.8 Å². The molecule has 1 aromatic carbocycles. The van der Waals surface area contributed by atoms with E-state index in [-0.39, 0.29) is 47.2 Å². The molecule has 3 amide bonds. The zero-order valence-electron chi connectivity index (χ0n) is 29.2. The van der Waals surface area contributed by atoms with Crippen LogP contribution in [0.25, 0.3) is 0 Å². The highest BCUT2D eigenvalue weighted by Gasteiger charge is 2.51. The van der Waals surface area contributed by atoms with E-state index in [9.17, 15) is 9.59 Å². The maximum atomic E-state index is 15.0. The van der Waals surface area contributed by atoms with E-state index in [1.807, 2.05) is 34.1 Å². The van der Waals surface area contributed by atoms with Gasteiger partial charge in [0.05, 0.1) is 12.0 Å². The van der Waals surface area contributed by atoms with Crippen molar-refractivity contribution in [3.05, 3.63) is 34.9 Å². The first kappa shape index (κ1) is 34.7. The number of nitrogens with zero attached hydrogens (tertiary/aromatic N) is 5.